The second-order valence-corrected chi connectivity index (χ2v) is 3.33. The Balaban J connectivity index is 0. The van der Waals surface area contributed by atoms with Crippen molar-refractivity contribution < 1.29 is 9.53 Å². The van der Waals surface area contributed by atoms with Crippen molar-refractivity contribution in [2.45, 2.75) is 13.3 Å². The Morgan fingerprint density at radius 1 is 1.60 bits per heavy atom. The van der Waals surface area contributed by atoms with E-state index in [-0.39, 0.29) is 30.8 Å². The molecule has 4 nitrogen and oxygen atoms in total. The van der Waals surface area contributed by atoms with Gasteiger partial charge < -0.3 is 10.5 Å². The molecule has 2 N–H and O–H groups in total. The van der Waals surface area contributed by atoms with Crippen LogP contribution in [0.4, 0.5) is 0 Å². The second kappa shape index (κ2) is 8.91. The summed E-state index contributed by atoms with van der Waals surface area (Å²) in [4.78, 5) is 15.2. The number of nitrogens with two attached hydrogens (primary N) is 1. The van der Waals surface area contributed by atoms with E-state index in [4.69, 9.17) is 10.5 Å². The first-order valence-electron chi connectivity index (χ1n) is 4.09. The lowest BCUT2D eigenvalue weighted by atomic mass is 10.4. The van der Waals surface area contributed by atoms with Crippen molar-refractivity contribution in [1.29, 1.82) is 0 Å². The summed E-state index contributed by atoms with van der Waals surface area (Å²) in [5.41, 5.74) is 5.74. The first-order valence-corrected chi connectivity index (χ1v) is 4.97. The van der Waals surface area contributed by atoms with Gasteiger partial charge in [0.2, 0.25) is 0 Å². The zero-order valence-electron chi connectivity index (χ0n) is 8.26. The zero-order chi connectivity index (χ0) is 9.68. The molecule has 0 aromatic carbocycles. The third-order valence-electron chi connectivity index (χ3n) is 1.39. The third-order valence-corrected chi connectivity index (χ3v) is 2.30. The average Bonchev–Trinajstić information content (AvgIpc) is 2.54. The molecule has 1 heterocycles. The molecule has 7 heteroatoms. The smallest absolute Gasteiger partial charge is 0.357 e. The lowest BCUT2D eigenvalue weighted by Gasteiger charge is -1.95. The molecule has 0 atom stereocenters. The van der Waals surface area contributed by atoms with Crippen molar-refractivity contribution in [1.82, 2.24) is 4.98 Å². The molecule has 0 aliphatic heterocycles. The van der Waals surface area contributed by atoms with Crippen LogP contribution >= 0.6 is 36.2 Å². The van der Waals surface area contributed by atoms with Gasteiger partial charge in [-0.05, 0) is 13.5 Å². The van der Waals surface area contributed by atoms with Crippen molar-refractivity contribution in [3.05, 3.63) is 16.1 Å². The summed E-state index contributed by atoms with van der Waals surface area (Å²) in [5, 5.41) is 2.58. The first-order chi connectivity index (χ1) is 6.27. The van der Waals surface area contributed by atoms with Crippen LogP contribution in [0.25, 0.3) is 0 Å². The molecule has 0 bridgehead atoms. The van der Waals surface area contributed by atoms with Gasteiger partial charge in [-0.15, -0.1) is 36.2 Å². The molecule has 0 saturated carbocycles. The summed E-state index contributed by atoms with van der Waals surface area (Å²) in [5.74, 6) is -0.359. The number of ether oxygens (including phenoxy) is 1. The number of aromatic nitrogens is 1. The Morgan fingerprint density at radius 3 is 2.80 bits per heavy atom. The highest BCUT2D eigenvalue weighted by atomic mass is 35.5. The van der Waals surface area contributed by atoms with Crippen LogP contribution in [0.1, 0.15) is 22.4 Å². The summed E-state index contributed by atoms with van der Waals surface area (Å²) in [6.45, 7) is 2.70. The van der Waals surface area contributed by atoms with Crippen LogP contribution in [0.5, 0.6) is 0 Å². The Labute approximate surface area is 105 Å². The number of halogens is 2. The van der Waals surface area contributed by atoms with Gasteiger partial charge in [0.1, 0.15) is 0 Å². The Bertz CT molecular complexity index is 294. The Kier molecular flexibility index (Phi) is 10.1. The monoisotopic (exact) mass is 272 g/mol. The molecule has 1 aromatic heterocycles. The van der Waals surface area contributed by atoms with Gasteiger partial charge in [0.05, 0.1) is 11.6 Å². The van der Waals surface area contributed by atoms with Gasteiger partial charge in [-0.25, -0.2) is 9.78 Å². The fourth-order valence-corrected chi connectivity index (χ4v) is 1.63. The summed E-state index contributed by atoms with van der Waals surface area (Å²) in [6.07, 6.45) is 0.712. The summed E-state index contributed by atoms with van der Waals surface area (Å²) >= 11 is 1.44. The zero-order valence-corrected chi connectivity index (χ0v) is 10.7. The van der Waals surface area contributed by atoms with Gasteiger partial charge in [0.25, 0.3) is 0 Å². The van der Waals surface area contributed by atoms with Crippen molar-refractivity contribution in [3.8, 4) is 0 Å². The normalized spacial score (nSPS) is 8.67. The Hall–Kier alpha value is -0.360. The van der Waals surface area contributed by atoms with E-state index < -0.39 is 0 Å². The van der Waals surface area contributed by atoms with Crippen molar-refractivity contribution in [2.75, 3.05) is 13.2 Å². The molecule has 0 amide bonds. The summed E-state index contributed by atoms with van der Waals surface area (Å²) in [7, 11) is 0. The van der Waals surface area contributed by atoms with Crippen LogP contribution in [0.3, 0.4) is 0 Å². The van der Waals surface area contributed by atoms with E-state index in [2.05, 4.69) is 4.98 Å². The molecule has 0 saturated heterocycles. The van der Waals surface area contributed by atoms with Crippen LogP contribution in [0.2, 0.25) is 0 Å². The molecule has 0 fully saturated rings. The van der Waals surface area contributed by atoms with E-state index in [1.807, 2.05) is 0 Å². The number of esters is 1. The number of rotatable bonds is 4. The molecule has 0 radical (unpaired) electrons. The van der Waals surface area contributed by atoms with E-state index >= 15 is 0 Å². The molecule has 0 unspecified atom stereocenters. The summed E-state index contributed by atoms with van der Waals surface area (Å²) < 4.78 is 4.79. The predicted molar refractivity (Wildman–Crippen MR) is 65.3 cm³/mol. The van der Waals surface area contributed by atoms with Gasteiger partial charge in [-0.2, -0.15) is 0 Å². The molecule has 0 aliphatic rings. The molecule has 15 heavy (non-hydrogen) atoms. The lowest BCUT2D eigenvalue weighted by molar-refractivity contribution is 0.0520. The number of carbonyl (C=O) groups excluding carboxylic acids is 1. The van der Waals surface area contributed by atoms with E-state index in [0.29, 0.717) is 25.3 Å². The largest absolute Gasteiger partial charge is 0.461 e. The number of hydrogen-bond acceptors (Lipinski definition) is 5. The molecule has 1 aromatic rings. The Morgan fingerprint density at radius 2 is 2.27 bits per heavy atom. The maximum Gasteiger partial charge on any atom is 0.357 e. The number of hydrogen-bond donors (Lipinski definition) is 1. The van der Waals surface area contributed by atoms with Crippen molar-refractivity contribution in [3.63, 3.8) is 0 Å². The molecular formula is C8H14Cl2N2O2S. The average molecular weight is 273 g/mol. The highest BCUT2D eigenvalue weighted by molar-refractivity contribution is 7.09. The highest BCUT2D eigenvalue weighted by Gasteiger charge is 2.10. The van der Waals surface area contributed by atoms with E-state index in [0.717, 1.165) is 5.01 Å². The number of thiazole rings is 1. The molecular weight excluding hydrogens is 259 g/mol. The SMILES string of the molecule is CCOC(=O)c1csc(CCN)n1.Cl.Cl. The molecule has 1 rings (SSSR count). The van der Waals surface area contributed by atoms with Gasteiger partial charge in [-0.1, -0.05) is 0 Å². The highest BCUT2D eigenvalue weighted by Crippen LogP contribution is 2.10. The lowest BCUT2D eigenvalue weighted by Crippen LogP contribution is -2.06. The predicted octanol–water partition coefficient (Wildman–Crippen LogP) is 1.66. The van der Waals surface area contributed by atoms with Crippen LogP contribution in [0, 0.1) is 0 Å². The fourth-order valence-electron chi connectivity index (χ4n) is 0.848. The minimum Gasteiger partial charge on any atom is -0.461 e. The van der Waals surface area contributed by atoms with Crippen molar-refractivity contribution >= 4 is 42.1 Å². The minimum atomic E-state index is -0.359. The third kappa shape index (κ3) is 5.32. The van der Waals surface area contributed by atoms with E-state index in [9.17, 15) is 4.79 Å². The van der Waals surface area contributed by atoms with E-state index in [1.54, 1.807) is 12.3 Å². The van der Waals surface area contributed by atoms with Gasteiger partial charge in [-0.3, -0.25) is 0 Å². The fraction of sp³-hybridized carbons (Fsp3) is 0.500. The standard InChI is InChI=1S/C8H12N2O2S.2ClH/c1-2-12-8(11)6-5-13-7(10-6)3-4-9;;/h5H,2-4,9H2,1H3;2*1H. The maximum absolute atomic E-state index is 11.2. The molecule has 0 spiro atoms. The number of carbonyl (C=O) groups is 1. The van der Waals surface area contributed by atoms with Gasteiger partial charge >= 0.3 is 5.97 Å². The minimum absolute atomic E-state index is 0. The number of nitrogens with zero attached hydrogens (tertiary/aromatic N) is 1. The quantitative estimate of drug-likeness (QED) is 0.847. The molecule has 88 valence electrons. The summed E-state index contributed by atoms with van der Waals surface area (Å²) in [6, 6.07) is 0. The van der Waals surface area contributed by atoms with Crippen molar-refractivity contribution in [2.24, 2.45) is 5.73 Å². The van der Waals surface area contributed by atoms with Crippen LogP contribution in [-0.4, -0.2) is 24.1 Å². The molecule has 0 aliphatic carbocycles. The van der Waals surface area contributed by atoms with Gasteiger partial charge in [0.15, 0.2) is 5.69 Å². The second-order valence-electron chi connectivity index (χ2n) is 2.39. The van der Waals surface area contributed by atoms with Crippen LogP contribution in [0.15, 0.2) is 5.38 Å². The van der Waals surface area contributed by atoms with Crippen LogP contribution < -0.4 is 5.73 Å². The maximum atomic E-state index is 11.2. The van der Waals surface area contributed by atoms with Gasteiger partial charge in [0, 0.05) is 11.8 Å². The van der Waals surface area contributed by atoms with Crippen LogP contribution in [-0.2, 0) is 11.2 Å². The first kappa shape index (κ1) is 17.0. The van der Waals surface area contributed by atoms with E-state index in [1.165, 1.54) is 11.3 Å². The topological polar surface area (TPSA) is 65.2 Å².